The van der Waals surface area contributed by atoms with Crippen molar-refractivity contribution in [3.8, 4) is 11.1 Å². The zero-order valence-electron chi connectivity index (χ0n) is 20.7. The lowest BCUT2D eigenvalue weighted by molar-refractivity contribution is -0.139. The third-order valence-corrected chi connectivity index (χ3v) is 7.38. The first kappa shape index (κ1) is 24.7. The lowest BCUT2D eigenvalue weighted by Gasteiger charge is -2.37. The van der Waals surface area contributed by atoms with Crippen LogP contribution in [0.5, 0.6) is 0 Å². The number of nitrogens with zero attached hydrogens (tertiary/aromatic N) is 2. The van der Waals surface area contributed by atoms with Gasteiger partial charge in [-0.25, -0.2) is 4.79 Å². The molecular formula is C27H33N3O5. The summed E-state index contributed by atoms with van der Waals surface area (Å²) in [5, 5.41) is 0. The molecule has 0 spiro atoms. The Morgan fingerprint density at radius 1 is 1.11 bits per heavy atom. The van der Waals surface area contributed by atoms with E-state index in [0.717, 1.165) is 16.7 Å². The van der Waals surface area contributed by atoms with Crippen LogP contribution in [0, 0.1) is 5.92 Å². The molecular weight excluding hydrogens is 446 g/mol. The number of carbonyl (C=O) groups is 3. The van der Waals surface area contributed by atoms with Gasteiger partial charge in [0.2, 0.25) is 11.8 Å². The van der Waals surface area contributed by atoms with Crippen LogP contribution in [0.25, 0.3) is 11.1 Å². The number of hydrogen-bond acceptors (Lipinski definition) is 5. The summed E-state index contributed by atoms with van der Waals surface area (Å²) in [5.74, 6) is -1.13. The largest absolute Gasteiger partial charge is 0.452 e. The molecule has 35 heavy (non-hydrogen) atoms. The second-order valence-electron chi connectivity index (χ2n) is 9.31. The molecule has 1 aliphatic heterocycles. The molecule has 0 unspecified atom stereocenters. The summed E-state index contributed by atoms with van der Waals surface area (Å²) in [6, 6.07) is 12.3. The zero-order valence-corrected chi connectivity index (χ0v) is 20.7. The SMILES string of the molecule is CC[C@H](C)[C@@H](C(=O)N1C[C@H](OC)C[C@H]1C(N)=O)N(C(=O)OC)c1cccc2c1Cc1ccccc1-2. The number of carbonyl (C=O) groups excluding carboxylic acids is 3. The van der Waals surface area contributed by atoms with Gasteiger partial charge in [0.15, 0.2) is 0 Å². The Balaban J connectivity index is 1.81. The molecule has 4 atom stereocenters. The molecule has 0 bridgehead atoms. The van der Waals surface area contributed by atoms with Crippen LogP contribution in [0.4, 0.5) is 10.5 Å². The standard InChI is InChI=1S/C27H33N3O5/c1-5-16(2)24(26(32)29-15-18(34-3)14-23(29)25(28)31)30(27(33)35-4)22-12-8-11-20-19-10-7-6-9-17(19)13-21(20)22/h6-12,16,18,23-24H,5,13-15H2,1-4H3,(H2,28,31)/t16-,18+,23-,24-/m0/s1. The molecule has 0 aromatic heterocycles. The van der Waals surface area contributed by atoms with Gasteiger partial charge in [0, 0.05) is 26.5 Å². The minimum Gasteiger partial charge on any atom is -0.452 e. The van der Waals surface area contributed by atoms with E-state index in [1.54, 1.807) is 7.11 Å². The number of fused-ring (bicyclic) bond motifs is 3. The van der Waals surface area contributed by atoms with Gasteiger partial charge in [-0.1, -0.05) is 56.7 Å². The Bertz CT molecular complexity index is 1130. The van der Waals surface area contributed by atoms with E-state index in [1.807, 2.05) is 44.2 Å². The molecule has 2 N–H and O–H groups in total. The number of benzene rings is 2. The Hall–Kier alpha value is -3.39. The molecule has 8 nitrogen and oxygen atoms in total. The van der Waals surface area contributed by atoms with E-state index in [1.165, 1.54) is 22.5 Å². The number of nitrogens with two attached hydrogens (primary N) is 1. The summed E-state index contributed by atoms with van der Waals surface area (Å²) < 4.78 is 10.7. The second kappa shape index (κ2) is 10.1. The fourth-order valence-electron chi connectivity index (χ4n) is 5.31. The molecule has 186 valence electrons. The molecule has 0 radical (unpaired) electrons. The van der Waals surface area contributed by atoms with Crippen molar-refractivity contribution in [2.75, 3.05) is 25.7 Å². The summed E-state index contributed by atoms with van der Waals surface area (Å²) in [7, 11) is 2.86. The third-order valence-electron chi connectivity index (χ3n) is 7.38. The Labute approximate surface area is 206 Å². The predicted octanol–water partition coefficient (Wildman–Crippen LogP) is 3.35. The highest BCUT2D eigenvalue weighted by atomic mass is 16.5. The Morgan fingerprint density at radius 3 is 2.49 bits per heavy atom. The molecule has 2 aromatic carbocycles. The summed E-state index contributed by atoms with van der Waals surface area (Å²) in [6.07, 6.45) is 0.707. The summed E-state index contributed by atoms with van der Waals surface area (Å²) in [4.78, 5) is 42.6. The molecule has 1 saturated heterocycles. The quantitative estimate of drug-likeness (QED) is 0.560. The van der Waals surface area contributed by atoms with Crippen LogP contribution in [0.1, 0.15) is 37.8 Å². The van der Waals surface area contributed by atoms with Crippen molar-refractivity contribution < 1.29 is 23.9 Å². The molecule has 1 aliphatic carbocycles. The number of hydrogen-bond donors (Lipinski definition) is 1. The number of likely N-dealkylation sites (tertiary alicyclic amines) is 1. The van der Waals surface area contributed by atoms with E-state index in [2.05, 4.69) is 12.1 Å². The van der Waals surface area contributed by atoms with Gasteiger partial charge in [-0.2, -0.15) is 0 Å². The van der Waals surface area contributed by atoms with Crippen molar-refractivity contribution in [2.24, 2.45) is 11.7 Å². The first-order valence-electron chi connectivity index (χ1n) is 12.0. The highest BCUT2D eigenvalue weighted by Gasteiger charge is 2.46. The van der Waals surface area contributed by atoms with Gasteiger partial charge >= 0.3 is 6.09 Å². The van der Waals surface area contributed by atoms with Crippen LogP contribution in [0.15, 0.2) is 42.5 Å². The molecule has 8 heteroatoms. The summed E-state index contributed by atoms with van der Waals surface area (Å²) >= 11 is 0. The number of ether oxygens (including phenoxy) is 2. The van der Waals surface area contributed by atoms with Gasteiger partial charge in [-0.15, -0.1) is 0 Å². The molecule has 4 rings (SSSR count). The average molecular weight is 480 g/mol. The van der Waals surface area contributed by atoms with Gasteiger partial charge in [0.1, 0.15) is 12.1 Å². The van der Waals surface area contributed by atoms with E-state index in [0.29, 0.717) is 24.9 Å². The lowest BCUT2D eigenvalue weighted by Crippen LogP contribution is -2.57. The number of primary amides is 1. The van der Waals surface area contributed by atoms with Gasteiger partial charge < -0.3 is 20.1 Å². The van der Waals surface area contributed by atoms with Crippen LogP contribution in [-0.2, 0) is 25.5 Å². The molecule has 2 aliphatic rings. The number of methoxy groups -OCH3 is 2. The van der Waals surface area contributed by atoms with Gasteiger partial charge in [0.25, 0.3) is 0 Å². The molecule has 1 heterocycles. The summed E-state index contributed by atoms with van der Waals surface area (Å²) in [5.41, 5.74) is 10.6. The fraction of sp³-hybridized carbons (Fsp3) is 0.444. The summed E-state index contributed by atoms with van der Waals surface area (Å²) in [6.45, 7) is 4.14. The highest BCUT2D eigenvalue weighted by molar-refractivity contribution is 6.01. The first-order chi connectivity index (χ1) is 16.8. The third kappa shape index (κ3) is 4.38. The first-order valence-corrected chi connectivity index (χ1v) is 12.0. The van der Waals surface area contributed by atoms with E-state index >= 15 is 0 Å². The normalized spacial score (nSPS) is 20.1. The maximum atomic E-state index is 14.1. The Morgan fingerprint density at radius 2 is 1.83 bits per heavy atom. The zero-order chi connectivity index (χ0) is 25.3. The minimum atomic E-state index is -0.875. The fourth-order valence-corrected chi connectivity index (χ4v) is 5.31. The lowest BCUT2D eigenvalue weighted by atomic mass is 9.94. The van der Waals surface area contributed by atoms with E-state index in [9.17, 15) is 14.4 Å². The minimum absolute atomic E-state index is 0.212. The van der Waals surface area contributed by atoms with Crippen molar-refractivity contribution in [1.29, 1.82) is 0 Å². The van der Waals surface area contributed by atoms with E-state index < -0.39 is 24.1 Å². The molecule has 3 amide bonds. The van der Waals surface area contributed by atoms with Gasteiger partial charge in [-0.3, -0.25) is 14.5 Å². The van der Waals surface area contributed by atoms with Crippen molar-refractivity contribution in [1.82, 2.24) is 4.90 Å². The molecule has 1 fully saturated rings. The van der Waals surface area contributed by atoms with Crippen LogP contribution in [-0.4, -0.2) is 61.8 Å². The maximum absolute atomic E-state index is 14.1. The molecule has 0 saturated carbocycles. The highest BCUT2D eigenvalue weighted by Crippen LogP contribution is 2.42. The van der Waals surface area contributed by atoms with Crippen molar-refractivity contribution in [2.45, 2.75) is 51.3 Å². The molecule has 2 aromatic rings. The smallest absolute Gasteiger partial charge is 0.414 e. The topological polar surface area (TPSA) is 102 Å². The second-order valence-corrected chi connectivity index (χ2v) is 9.31. The van der Waals surface area contributed by atoms with Crippen LogP contribution >= 0.6 is 0 Å². The van der Waals surface area contributed by atoms with Crippen LogP contribution < -0.4 is 10.6 Å². The average Bonchev–Trinajstić information content (AvgIpc) is 3.48. The van der Waals surface area contributed by atoms with E-state index in [-0.39, 0.29) is 24.5 Å². The predicted molar refractivity (Wildman–Crippen MR) is 133 cm³/mol. The number of amides is 3. The van der Waals surface area contributed by atoms with Crippen LogP contribution in [0.3, 0.4) is 0 Å². The Kier molecular flexibility index (Phi) is 7.12. The number of anilines is 1. The van der Waals surface area contributed by atoms with Gasteiger partial charge in [-0.05, 0) is 34.2 Å². The van der Waals surface area contributed by atoms with Crippen molar-refractivity contribution in [3.63, 3.8) is 0 Å². The van der Waals surface area contributed by atoms with Crippen molar-refractivity contribution >= 4 is 23.6 Å². The van der Waals surface area contributed by atoms with Crippen molar-refractivity contribution in [3.05, 3.63) is 53.6 Å². The van der Waals surface area contributed by atoms with E-state index in [4.69, 9.17) is 15.2 Å². The maximum Gasteiger partial charge on any atom is 0.414 e. The van der Waals surface area contributed by atoms with Gasteiger partial charge in [0.05, 0.1) is 18.9 Å². The monoisotopic (exact) mass is 479 g/mol. The van der Waals surface area contributed by atoms with Crippen LogP contribution in [0.2, 0.25) is 0 Å². The number of rotatable bonds is 7.